The van der Waals surface area contributed by atoms with Gasteiger partial charge in [0.2, 0.25) is 0 Å². The van der Waals surface area contributed by atoms with Gasteiger partial charge < -0.3 is 0 Å². The summed E-state index contributed by atoms with van der Waals surface area (Å²) >= 11 is 0. The molecule has 2 aromatic rings. The van der Waals surface area contributed by atoms with Crippen molar-refractivity contribution in [3.05, 3.63) is 51.9 Å². The fourth-order valence-electron chi connectivity index (χ4n) is 2.43. The van der Waals surface area contributed by atoms with Crippen LogP contribution in [0.4, 0.5) is 0 Å². The van der Waals surface area contributed by atoms with Gasteiger partial charge >= 0.3 is 0 Å². The average molecular weight is 228 g/mol. The fraction of sp³-hybridized carbons (Fsp3) is 0.357. The van der Waals surface area contributed by atoms with Gasteiger partial charge in [0, 0.05) is 18.3 Å². The summed E-state index contributed by atoms with van der Waals surface area (Å²) in [6.45, 7) is 2.04. The summed E-state index contributed by atoms with van der Waals surface area (Å²) in [5, 5.41) is 0. The minimum Gasteiger partial charge on any atom is -0.285 e. The Hall–Kier alpha value is -1.77. The highest BCUT2D eigenvalue weighted by molar-refractivity contribution is 5.35. The van der Waals surface area contributed by atoms with E-state index < -0.39 is 0 Å². The molecule has 1 saturated carbocycles. The maximum Gasteiger partial charge on any atom is 0.275 e. The van der Waals surface area contributed by atoms with Crippen LogP contribution < -0.4 is 5.56 Å². The molecule has 1 aromatic heterocycles. The Labute approximate surface area is 100 Å². The number of benzene rings is 1. The van der Waals surface area contributed by atoms with Gasteiger partial charge in [-0.15, -0.1) is 0 Å². The van der Waals surface area contributed by atoms with Crippen molar-refractivity contribution in [1.29, 1.82) is 0 Å². The van der Waals surface area contributed by atoms with Crippen LogP contribution >= 0.6 is 0 Å². The summed E-state index contributed by atoms with van der Waals surface area (Å²) in [6.07, 6.45) is 2.32. The lowest BCUT2D eigenvalue weighted by molar-refractivity contribution is 0.630. The maximum absolute atomic E-state index is 12.4. The van der Waals surface area contributed by atoms with E-state index >= 15 is 0 Å². The molecule has 3 nitrogen and oxygen atoms in total. The number of aromatic nitrogens is 2. The summed E-state index contributed by atoms with van der Waals surface area (Å²) in [7, 11) is 1.95. The Kier molecular flexibility index (Phi) is 2.21. The van der Waals surface area contributed by atoms with Crippen LogP contribution in [-0.2, 0) is 7.05 Å². The highest BCUT2D eigenvalue weighted by Gasteiger charge is 2.31. The van der Waals surface area contributed by atoms with E-state index in [1.54, 1.807) is 4.68 Å². The van der Waals surface area contributed by atoms with E-state index in [2.05, 4.69) is 0 Å². The molecule has 1 heterocycles. The zero-order chi connectivity index (χ0) is 12.0. The molecule has 0 aliphatic heterocycles. The number of rotatable bonds is 2. The fourth-order valence-corrected chi connectivity index (χ4v) is 2.43. The molecule has 0 radical (unpaired) electrons. The van der Waals surface area contributed by atoms with E-state index in [1.807, 2.05) is 49.0 Å². The first-order chi connectivity index (χ1) is 8.20. The first-order valence-electron chi connectivity index (χ1n) is 6.04. The van der Waals surface area contributed by atoms with Gasteiger partial charge in [-0.3, -0.25) is 9.48 Å². The van der Waals surface area contributed by atoms with Crippen LogP contribution in [0.3, 0.4) is 0 Å². The third kappa shape index (κ3) is 1.54. The Balaban J connectivity index is 2.24. The van der Waals surface area contributed by atoms with Crippen LogP contribution in [0.5, 0.6) is 0 Å². The van der Waals surface area contributed by atoms with Gasteiger partial charge in [-0.2, -0.15) is 0 Å². The van der Waals surface area contributed by atoms with Crippen molar-refractivity contribution in [2.75, 3.05) is 0 Å². The molecule has 0 unspecified atom stereocenters. The summed E-state index contributed by atoms with van der Waals surface area (Å²) in [5.41, 5.74) is 3.20. The highest BCUT2D eigenvalue weighted by atomic mass is 16.1. The number of nitrogens with zero attached hydrogens (tertiary/aromatic N) is 2. The van der Waals surface area contributed by atoms with Crippen molar-refractivity contribution < 1.29 is 0 Å². The van der Waals surface area contributed by atoms with Gasteiger partial charge in [-0.25, -0.2) is 4.68 Å². The second-order valence-corrected chi connectivity index (χ2v) is 4.75. The van der Waals surface area contributed by atoms with Crippen molar-refractivity contribution in [1.82, 2.24) is 9.36 Å². The van der Waals surface area contributed by atoms with Crippen molar-refractivity contribution >= 4 is 0 Å². The smallest absolute Gasteiger partial charge is 0.275 e. The molecule has 0 saturated heterocycles. The zero-order valence-corrected chi connectivity index (χ0v) is 10.2. The quantitative estimate of drug-likeness (QED) is 0.775. The molecule has 0 atom stereocenters. The standard InChI is InChI=1S/C14H16N2O/c1-10-13(11-8-9-11)14(17)16(15(10)2)12-6-4-3-5-7-12/h3-7,11H,8-9H2,1-2H3. The molecule has 0 bridgehead atoms. The first kappa shape index (κ1) is 10.4. The minimum atomic E-state index is 0.152. The van der Waals surface area contributed by atoms with E-state index in [0.29, 0.717) is 5.92 Å². The monoisotopic (exact) mass is 228 g/mol. The Morgan fingerprint density at radius 2 is 1.82 bits per heavy atom. The lowest BCUT2D eigenvalue weighted by Gasteiger charge is -2.07. The number of hydrogen-bond acceptors (Lipinski definition) is 1. The third-order valence-electron chi connectivity index (χ3n) is 3.58. The molecule has 0 amide bonds. The largest absolute Gasteiger partial charge is 0.285 e. The van der Waals surface area contributed by atoms with Crippen LogP contribution in [0.2, 0.25) is 0 Å². The molecule has 88 valence electrons. The maximum atomic E-state index is 12.4. The molecule has 1 aliphatic rings. The highest BCUT2D eigenvalue weighted by Crippen LogP contribution is 2.40. The Morgan fingerprint density at radius 3 is 2.41 bits per heavy atom. The molecular formula is C14H16N2O. The summed E-state index contributed by atoms with van der Waals surface area (Å²) < 4.78 is 3.73. The summed E-state index contributed by atoms with van der Waals surface area (Å²) in [4.78, 5) is 12.4. The van der Waals surface area contributed by atoms with E-state index in [-0.39, 0.29) is 5.56 Å². The SMILES string of the molecule is Cc1c(C2CC2)c(=O)n(-c2ccccc2)n1C. The van der Waals surface area contributed by atoms with Crippen LogP contribution in [0.1, 0.15) is 30.0 Å². The van der Waals surface area contributed by atoms with Crippen molar-refractivity contribution in [2.45, 2.75) is 25.7 Å². The number of hydrogen-bond donors (Lipinski definition) is 0. The lowest BCUT2D eigenvalue weighted by atomic mass is 10.2. The van der Waals surface area contributed by atoms with E-state index in [0.717, 1.165) is 29.8 Å². The van der Waals surface area contributed by atoms with Gasteiger partial charge in [0.05, 0.1) is 5.69 Å². The number of para-hydroxylation sites is 1. The zero-order valence-electron chi connectivity index (χ0n) is 10.2. The molecule has 17 heavy (non-hydrogen) atoms. The Morgan fingerprint density at radius 1 is 1.18 bits per heavy atom. The van der Waals surface area contributed by atoms with E-state index in [1.165, 1.54) is 0 Å². The average Bonchev–Trinajstić information content (AvgIpc) is 3.12. The van der Waals surface area contributed by atoms with Crippen molar-refractivity contribution in [3.8, 4) is 5.69 Å². The predicted octanol–water partition coefficient (Wildman–Crippen LogP) is 2.36. The molecule has 0 N–H and O–H groups in total. The molecule has 3 heteroatoms. The normalized spacial score (nSPS) is 15.2. The molecule has 3 rings (SSSR count). The van der Waals surface area contributed by atoms with Crippen LogP contribution in [-0.4, -0.2) is 9.36 Å². The van der Waals surface area contributed by atoms with Crippen LogP contribution in [0, 0.1) is 6.92 Å². The van der Waals surface area contributed by atoms with Crippen molar-refractivity contribution in [3.63, 3.8) is 0 Å². The van der Waals surface area contributed by atoms with Gasteiger partial charge in [0.1, 0.15) is 0 Å². The third-order valence-corrected chi connectivity index (χ3v) is 3.58. The van der Waals surface area contributed by atoms with Crippen LogP contribution in [0.25, 0.3) is 5.69 Å². The second-order valence-electron chi connectivity index (χ2n) is 4.75. The minimum absolute atomic E-state index is 0.152. The van der Waals surface area contributed by atoms with Gasteiger partial charge in [0.25, 0.3) is 5.56 Å². The van der Waals surface area contributed by atoms with E-state index in [9.17, 15) is 4.79 Å². The van der Waals surface area contributed by atoms with E-state index in [4.69, 9.17) is 0 Å². The predicted molar refractivity (Wildman–Crippen MR) is 67.7 cm³/mol. The molecule has 1 aromatic carbocycles. The summed E-state index contributed by atoms with van der Waals surface area (Å²) in [5.74, 6) is 0.499. The molecule has 1 aliphatic carbocycles. The van der Waals surface area contributed by atoms with Crippen LogP contribution in [0.15, 0.2) is 35.1 Å². The van der Waals surface area contributed by atoms with Gasteiger partial charge in [-0.05, 0) is 37.8 Å². The lowest BCUT2D eigenvalue weighted by Crippen LogP contribution is -2.20. The second kappa shape index (κ2) is 3.62. The molecule has 0 spiro atoms. The van der Waals surface area contributed by atoms with Gasteiger partial charge in [0.15, 0.2) is 0 Å². The first-order valence-corrected chi connectivity index (χ1v) is 6.04. The molecule has 1 fully saturated rings. The summed E-state index contributed by atoms with van der Waals surface area (Å²) in [6, 6.07) is 9.82. The van der Waals surface area contributed by atoms with Crippen molar-refractivity contribution in [2.24, 2.45) is 7.05 Å². The molecular weight excluding hydrogens is 212 g/mol. The van der Waals surface area contributed by atoms with Gasteiger partial charge in [-0.1, -0.05) is 18.2 Å². The topological polar surface area (TPSA) is 26.9 Å². The Bertz CT molecular complexity index is 603.